The monoisotopic (exact) mass is 786 g/mol. The van der Waals surface area contributed by atoms with Crippen LogP contribution in [0, 0.1) is 18.6 Å². The zero-order valence-electron chi connectivity index (χ0n) is 23.5. The smallest absolute Gasteiger partial charge is 0.0344 e. The molecule has 2 aliphatic rings. The summed E-state index contributed by atoms with van der Waals surface area (Å²) in [4.78, 5) is 8.08. The number of halogens is 1. The SMILES string of the molecule is [Cl][Pt].[c-]1c(N2[CH-]Sc3ccccc32)cccc1N1[CH-]N(c2c(-c3ccccc3)cccc2-c2ccccc2)c2ccccc21. The molecule has 0 radical (unpaired) electrons. The maximum Gasteiger partial charge on any atom is 0.0344 e. The number of benzene rings is 6. The Morgan fingerprint density at radius 3 is 1.64 bits per heavy atom. The maximum absolute atomic E-state index is 4.61. The molecule has 6 aromatic rings. The Labute approximate surface area is 278 Å². The molecule has 0 bridgehead atoms. The molecule has 2 aliphatic heterocycles. The number of anilines is 6. The summed E-state index contributed by atoms with van der Waals surface area (Å²) in [6, 6.07) is 55.1. The van der Waals surface area contributed by atoms with Gasteiger partial charge in [-0.2, -0.15) is 11.9 Å². The van der Waals surface area contributed by atoms with Gasteiger partial charge >= 0.3 is 28.2 Å². The molecule has 0 fully saturated rings. The van der Waals surface area contributed by atoms with E-state index in [0.717, 1.165) is 28.4 Å². The first-order valence-corrected chi connectivity index (χ1v) is 17.8. The minimum Gasteiger partial charge on any atom is -0.503 e. The largest absolute Gasteiger partial charge is 0.503 e. The fraction of sp³-hybridized carbons (Fsp3) is 0. The Balaban J connectivity index is 0.00000153. The Bertz CT molecular complexity index is 1840. The van der Waals surface area contributed by atoms with Gasteiger partial charge in [0.25, 0.3) is 0 Å². The standard InChI is InChI=1S/C38H26N3S.ClH.Pt/c1-3-13-28(14-4-1)32-19-12-20-33(29-15-5-2-6-16-29)38(32)40-26-39(34-21-7-8-22-35(34)40)30-17-11-18-31(25-30)41-27-42-37-24-10-9-23-36(37)41;;/h1-24,26-27H;1H;/q-3;;+1/p-1. The van der Waals surface area contributed by atoms with Crippen LogP contribution in [0.1, 0.15) is 0 Å². The van der Waals surface area contributed by atoms with Crippen LogP contribution in [0.15, 0.2) is 150 Å². The van der Waals surface area contributed by atoms with Gasteiger partial charge in [0.1, 0.15) is 0 Å². The number of thioether (sulfide) groups is 1. The molecule has 0 unspecified atom stereocenters. The Hall–Kier alpha value is -3.95. The van der Waals surface area contributed by atoms with E-state index in [9.17, 15) is 0 Å². The summed E-state index contributed by atoms with van der Waals surface area (Å²) in [7, 11) is 4.61. The first-order valence-electron chi connectivity index (χ1n) is 14.1. The van der Waals surface area contributed by atoms with Crippen molar-refractivity contribution in [2.24, 2.45) is 0 Å². The van der Waals surface area contributed by atoms with Crippen molar-refractivity contribution in [1.82, 2.24) is 0 Å². The molecule has 6 heteroatoms. The molecule has 0 spiro atoms. The van der Waals surface area contributed by atoms with Gasteiger partial charge in [-0.05, 0) is 40.3 Å². The van der Waals surface area contributed by atoms with Gasteiger partial charge in [-0.1, -0.05) is 103 Å². The van der Waals surface area contributed by atoms with Gasteiger partial charge in [0, 0.05) is 33.9 Å². The molecule has 44 heavy (non-hydrogen) atoms. The summed E-state index contributed by atoms with van der Waals surface area (Å²) in [5.41, 5.74) is 11.3. The van der Waals surface area contributed by atoms with Crippen molar-refractivity contribution < 1.29 is 18.8 Å². The third-order valence-electron chi connectivity index (χ3n) is 7.77. The van der Waals surface area contributed by atoms with E-state index in [1.165, 1.54) is 32.8 Å². The molecule has 3 nitrogen and oxygen atoms in total. The van der Waals surface area contributed by atoms with Crippen molar-refractivity contribution in [3.05, 3.63) is 164 Å². The summed E-state index contributed by atoms with van der Waals surface area (Å²) >= 11 is 3.36. The van der Waals surface area contributed by atoms with Crippen molar-refractivity contribution >= 4 is 55.3 Å². The van der Waals surface area contributed by atoms with Crippen molar-refractivity contribution in [1.29, 1.82) is 0 Å². The number of nitrogens with zero attached hydrogens (tertiary/aromatic N) is 3. The van der Waals surface area contributed by atoms with E-state index in [4.69, 9.17) is 0 Å². The maximum atomic E-state index is 4.61. The molecule has 8 rings (SSSR count). The topological polar surface area (TPSA) is 9.72 Å². The van der Waals surface area contributed by atoms with Crippen molar-refractivity contribution in [2.45, 2.75) is 4.90 Å². The number of rotatable bonds is 5. The normalized spacial score (nSPS) is 13.3. The van der Waals surface area contributed by atoms with E-state index >= 15 is 0 Å². The minimum atomic E-state index is 0.990. The Morgan fingerprint density at radius 1 is 0.500 bits per heavy atom. The molecule has 0 aliphatic carbocycles. The van der Waals surface area contributed by atoms with Gasteiger partial charge in [-0.3, -0.25) is 11.8 Å². The predicted molar refractivity (Wildman–Crippen MR) is 182 cm³/mol. The summed E-state index contributed by atoms with van der Waals surface area (Å²) in [5, 5.41) is 0. The van der Waals surface area contributed by atoms with Crippen LogP contribution in [-0.4, -0.2) is 0 Å². The van der Waals surface area contributed by atoms with Crippen LogP contribution in [0.2, 0.25) is 0 Å². The molecule has 0 saturated carbocycles. The van der Waals surface area contributed by atoms with E-state index in [2.05, 4.69) is 188 Å². The van der Waals surface area contributed by atoms with Gasteiger partial charge in [-0.15, -0.1) is 36.2 Å². The third-order valence-corrected chi connectivity index (χ3v) is 8.69. The fourth-order valence-electron chi connectivity index (χ4n) is 5.82. The van der Waals surface area contributed by atoms with E-state index in [-0.39, 0.29) is 0 Å². The van der Waals surface area contributed by atoms with Crippen LogP contribution >= 0.6 is 21.2 Å². The van der Waals surface area contributed by atoms with Gasteiger partial charge in [-0.25, -0.2) is 0 Å². The van der Waals surface area contributed by atoms with E-state index < -0.39 is 0 Å². The minimum absolute atomic E-state index is 0.990. The first kappa shape index (κ1) is 28.8. The summed E-state index contributed by atoms with van der Waals surface area (Å²) in [5.74, 6) is 2.16. The number of hydrogen-bond acceptors (Lipinski definition) is 4. The Morgan fingerprint density at radius 2 is 1.00 bits per heavy atom. The molecule has 0 atom stereocenters. The van der Waals surface area contributed by atoms with Crippen LogP contribution < -0.4 is 14.7 Å². The molecular weight excluding hydrogens is 761 g/mol. The van der Waals surface area contributed by atoms with Crippen LogP contribution in [-0.2, 0) is 18.8 Å². The average molecular weight is 787 g/mol. The van der Waals surface area contributed by atoms with Crippen LogP contribution in [0.5, 0.6) is 0 Å². The van der Waals surface area contributed by atoms with Crippen molar-refractivity contribution in [3.63, 3.8) is 0 Å². The second-order valence-corrected chi connectivity index (χ2v) is 11.1. The van der Waals surface area contributed by atoms with Gasteiger partial charge in [0.2, 0.25) is 0 Å². The second kappa shape index (κ2) is 13.0. The van der Waals surface area contributed by atoms with Gasteiger partial charge < -0.3 is 14.7 Å². The predicted octanol–water partition coefficient (Wildman–Crippen LogP) is 11.3. The van der Waals surface area contributed by atoms with Crippen LogP contribution in [0.25, 0.3) is 22.3 Å². The number of hydrogen-bond donors (Lipinski definition) is 0. The summed E-state index contributed by atoms with van der Waals surface area (Å²) in [6.07, 6.45) is 0. The second-order valence-electron chi connectivity index (χ2n) is 10.3. The van der Waals surface area contributed by atoms with Gasteiger partial charge in [0.15, 0.2) is 0 Å². The summed E-state index contributed by atoms with van der Waals surface area (Å²) in [6.45, 7) is 2.21. The van der Waals surface area contributed by atoms with E-state index in [1.54, 1.807) is 30.5 Å². The van der Waals surface area contributed by atoms with Crippen molar-refractivity contribution in [2.75, 3.05) is 14.7 Å². The Kier molecular flexibility index (Phi) is 8.48. The van der Waals surface area contributed by atoms with E-state index in [0.29, 0.717) is 0 Å². The molecule has 219 valence electrons. The van der Waals surface area contributed by atoms with Crippen molar-refractivity contribution in [3.8, 4) is 22.3 Å². The zero-order chi connectivity index (χ0) is 29.9. The third kappa shape index (κ3) is 5.32. The summed E-state index contributed by atoms with van der Waals surface area (Å²) < 4.78 is 0. The van der Waals surface area contributed by atoms with E-state index in [1.807, 2.05) is 0 Å². The van der Waals surface area contributed by atoms with Crippen LogP contribution in [0.4, 0.5) is 34.1 Å². The number of para-hydroxylation sites is 4. The molecule has 6 aromatic carbocycles. The first-order chi connectivity index (χ1) is 21.8. The fourth-order valence-corrected chi connectivity index (χ4v) is 6.71. The van der Waals surface area contributed by atoms with Crippen LogP contribution in [0.3, 0.4) is 0 Å². The quantitative estimate of drug-likeness (QED) is 0.161. The molecule has 0 aromatic heterocycles. The zero-order valence-corrected chi connectivity index (χ0v) is 27.3. The van der Waals surface area contributed by atoms with Gasteiger partial charge in [0.05, 0.1) is 0 Å². The number of fused-ring (bicyclic) bond motifs is 2. The molecule has 0 saturated heterocycles. The molecule has 0 N–H and O–H groups in total. The molecule has 2 heterocycles. The molecular formula is C38H26ClN3PtS-3. The average Bonchev–Trinajstić information content (AvgIpc) is 3.72. The molecule has 0 amide bonds.